The van der Waals surface area contributed by atoms with Crippen LogP contribution in [0, 0.1) is 17.6 Å². The molecule has 0 saturated carbocycles. The van der Waals surface area contributed by atoms with Crippen LogP contribution in [0.25, 0.3) is 0 Å². The minimum Gasteiger partial charge on any atom is -0.480 e. The van der Waals surface area contributed by atoms with Crippen molar-refractivity contribution in [2.24, 2.45) is 5.92 Å². The number of carbonyl (C=O) groups excluding carboxylic acids is 2. The Morgan fingerprint density at radius 3 is 2.68 bits per heavy atom. The van der Waals surface area contributed by atoms with Crippen molar-refractivity contribution in [1.82, 2.24) is 5.32 Å². The van der Waals surface area contributed by atoms with Gasteiger partial charge in [-0.25, -0.2) is 8.78 Å². The summed E-state index contributed by atoms with van der Waals surface area (Å²) in [4.78, 5) is 35.6. The molecule has 1 fully saturated rings. The number of carboxylic acid groups (broad SMARTS) is 1. The molecule has 1 aliphatic rings. The van der Waals surface area contributed by atoms with Crippen molar-refractivity contribution in [3.8, 4) is 0 Å². The van der Waals surface area contributed by atoms with E-state index in [1.165, 1.54) is 6.92 Å². The van der Waals surface area contributed by atoms with Gasteiger partial charge in [-0.05, 0) is 19.1 Å². The van der Waals surface area contributed by atoms with Crippen LogP contribution in [0.15, 0.2) is 18.2 Å². The molecule has 0 radical (unpaired) electrons. The van der Waals surface area contributed by atoms with Crippen LogP contribution in [0.4, 0.5) is 14.5 Å². The van der Waals surface area contributed by atoms with Gasteiger partial charge >= 0.3 is 5.97 Å². The van der Waals surface area contributed by atoms with Gasteiger partial charge in [0.05, 0.1) is 11.6 Å². The van der Waals surface area contributed by atoms with Gasteiger partial charge in [-0.2, -0.15) is 0 Å². The molecular weight excluding hydrogens is 298 g/mol. The third-order valence-corrected chi connectivity index (χ3v) is 3.43. The van der Waals surface area contributed by atoms with Crippen LogP contribution in [0.2, 0.25) is 0 Å². The fraction of sp³-hybridized carbons (Fsp3) is 0.357. The standard InChI is InChI=1S/C14H14F2N2O4/c1-7(14(21)22)17-13(20)8-4-12(19)18(6-8)11-3-2-9(15)5-10(11)16/h2-3,5,7-8H,4,6H2,1H3,(H,17,20)(H,21,22)/t7-,8+/m1/s1. The molecule has 6 nitrogen and oxygen atoms in total. The second-order valence-corrected chi connectivity index (χ2v) is 5.07. The van der Waals surface area contributed by atoms with Crippen LogP contribution in [-0.4, -0.2) is 35.5 Å². The summed E-state index contributed by atoms with van der Waals surface area (Å²) in [5.41, 5.74) is -0.104. The SMILES string of the molecule is C[C@@H](NC(=O)[C@H]1CC(=O)N(c2ccc(F)cc2F)C1)C(=O)O. The Morgan fingerprint density at radius 2 is 2.09 bits per heavy atom. The van der Waals surface area contributed by atoms with E-state index in [0.29, 0.717) is 6.07 Å². The van der Waals surface area contributed by atoms with Crippen molar-refractivity contribution < 1.29 is 28.3 Å². The minimum atomic E-state index is -1.20. The fourth-order valence-corrected chi connectivity index (χ4v) is 2.21. The van der Waals surface area contributed by atoms with E-state index in [1.54, 1.807) is 0 Å². The number of amides is 2. The molecule has 2 amide bonds. The number of anilines is 1. The number of nitrogens with zero attached hydrogens (tertiary/aromatic N) is 1. The molecule has 118 valence electrons. The summed E-state index contributed by atoms with van der Waals surface area (Å²) >= 11 is 0. The predicted molar refractivity (Wildman–Crippen MR) is 72.1 cm³/mol. The lowest BCUT2D eigenvalue weighted by Crippen LogP contribution is -2.42. The monoisotopic (exact) mass is 312 g/mol. The Balaban J connectivity index is 2.10. The molecule has 1 aliphatic heterocycles. The van der Waals surface area contributed by atoms with E-state index in [9.17, 15) is 23.2 Å². The molecule has 0 aliphatic carbocycles. The van der Waals surface area contributed by atoms with Crippen molar-refractivity contribution in [1.29, 1.82) is 0 Å². The van der Waals surface area contributed by atoms with Gasteiger partial charge in [0.25, 0.3) is 0 Å². The molecule has 2 rings (SSSR count). The van der Waals surface area contributed by atoms with Crippen molar-refractivity contribution in [2.45, 2.75) is 19.4 Å². The van der Waals surface area contributed by atoms with E-state index in [1.807, 2.05) is 0 Å². The van der Waals surface area contributed by atoms with Gasteiger partial charge < -0.3 is 15.3 Å². The molecule has 0 spiro atoms. The lowest BCUT2D eigenvalue weighted by Gasteiger charge is -2.18. The molecule has 8 heteroatoms. The minimum absolute atomic E-state index is 0.0838. The van der Waals surface area contributed by atoms with Gasteiger partial charge in [-0.15, -0.1) is 0 Å². The highest BCUT2D eigenvalue weighted by Crippen LogP contribution is 2.28. The summed E-state index contributed by atoms with van der Waals surface area (Å²) in [5.74, 6) is -4.70. The molecule has 0 bridgehead atoms. The van der Waals surface area contributed by atoms with Gasteiger partial charge in [0.1, 0.15) is 17.7 Å². The van der Waals surface area contributed by atoms with Gasteiger partial charge in [-0.1, -0.05) is 0 Å². The number of hydrogen-bond acceptors (Lipinski definition) is 3. The normalized spacial score (nSPS) is 19.1. The zero-order valence-corrected chi connectivity index (χ0v) is 11.7. The zero-order valence-electron chi connectivity index (χ0n) is 11.7. The summed E-state index contributed by atoms with van der Waals surface area (Å²) in [7, 11) is 0. The van der Waals surface area contributed by atoms with E-state index in [0.717, 1.165) is 17.0 Å². The van der Waals surface area contributed by atoms with Gasteiger partial charge in [0.15, 0.2) is 0 Å². The Hall–Kier alpha value is -2.51. The van der Waals surface area contributed by atoms with Crippen LogP contribution in [0.5, 0.6) is 0 Å². The highest BCUT2D eigenvalue weighted by molar-refractivity contribution is 6.00. The third kappa shape index (κ3) is 3.21. The Labute approximate surface area is 124 Å². The van der Waals surface area contributed by atoms with Gasteiger partial charge in [0, 0.05) is 19.0 Å². The molecule has 1 saturated heterocycles. The highest BCUT2D eigenvalue weighted by Gasteiger charge is 2.37. The van der Waals surface area contributed by atoms with Crippen molar-refractivity contribution in [3.05, 3.63) is 29.8 Å². The number of halogens is 2. The van der Waals surface area contributed by atoms with Crippen LogP contribution in [0.3, 0.4) is 0 Å². The quantitative estimate of drug-likeness (QED) is 0.865. The number of aliphatic carboxylic acids is 1. The van der Waals surface area contributed by atoms with E-state index in [2.05, 4.69) is 5.32 Å². The molecule has 1 heterocycles. The smallest absolute Gasteiger partial charge is 0.325 e. The summed E-state index contributed by atoms with van der Waals surface area (Å²) in [6.07, 6.45) is -0.158. The van der Waals surface area contributed by atoms with Crippen molar-refractivity contribution in [3.63, 3.8) is 0 Å². The van der Waals surface area contributed by atoms with Crippen molar-refractivity contribution in [2.75, 3.05) is 11.4 Å². The van der Waals surface area contributed by atoms with Crippen LogP contribution in [0.1, 0.15) is 13.3 Å². The number of carbonyl (C=O) groups is 3. The first-order valence-corrected chi connectivity index (χ1v) is 6.58. The Kier molecular flexibility index (Phi) is 4.39. The summed E-state index contributed by atoms with van der Waals surface area (Å²) in [5, 5.41) is 11.0. The average Bonchev–Trinajstić information content (AvgIpc) is 2.80. The number of rotatable bonds is 4. The van der Waals surface area contributed by atoms with E-state index in [4.69, 9.17) is 5.11 Å². The zero-order chi connectivity index (χ0) is 16.4. The number of hydrogen-bond donors (Lipinski definition) is 2. The summed E-state index contributed by atoms with van der Waals surface area (Å²) in [6, 6.07) is 1.72. The fourth-order valence-electron chi connectivity index (χ4n) is 2.21. The van der Waals surface area contributed by atoms with Crippen LogP contribution in [-0.2, 0) is 14.4 Å². The van der Waals surface area contributed by atoms with Gasteiger partial charge in [-0.3, -0.25) is 14.4 Å². The molecule has 1 aromatic rings. The first-order valence-electron chi connectivity index (χ1n) is 6.58. The van der Waals surface area contributed by atoms with E-state index < -0.39 is 41.4 Å². The second kappa shape index (κ2) is 6.08. The first kappa shape index (κ1) is 15.9. The first-order chi connectivity index (χ1) is 10.3. The number of nitrogens with one attached hydrogen (secondary N) is 1. The van der Waals surface area contributed by atoms with Crippen LogP contribution >= 0.6 is 0 Å². The number of benzene rings is 1. The molecular formula is C14H14F2N2O4. The molecule has 0 unspecified atom stereocenters. The van der Waals surface area contributed by atoms with E-state index in [-0.39, 0.29) is 18.7 Å². The summed E-state index contributed by atoms with van der Waals surface area (Å²) in [6.45, 7) is 1.22. The Bertz CT molecular complexity index is 635. The largest absolute Gasteiger partial charge is 0.480 e. The topological polar surface area (TPSA) is 86.7 Å². The van der Waals surface area contributed by atoms with Gasteiger partial charge in [0.2, 0.25) is 11.8 Å². The lowest BCUT2D eigenvalue weighted by atomic mass is 10.1. The lowest BCUT2D eigenvalue weighted by molar-refractivity contribution is -0.141. The highest BCUT2D eigenvalue weighted by atomic mass is 19.1. The molecule has 2 atom stereocenters. The average molecular weight is 312 g/mol. The Morgan fingerprint density at radius 1 is 1.41 bits per heavy atom. The second-order valence-electron chi connectivity index (χ2n) is 5.07. The van der Waals surface area contributed by atoms with E-state index >= 15 is 0 Å². The molecule has 1 aromatic carbocycles. The maximum Gasteiger partial charge on any atom is 0.325 e. The molecule has 2 N–H and O–H groups in total. The van der Waals surface area contributed by atoms with Crippen molar-refractivity contribution >= 4 is 23.5 Å². The maximum atomic E-state index is 13.7. The molecule has 22 heavy (non-hydrogen) atoms. The van der Waals surface area contributed by atoms with Crippen LogP contribution < -0.4 is 10.2 Å². The maximum absolute atomic E-state index is 13.7. The summed E-state index contributed by atoms with van der Waals surface area (Å²) < 4.78 is 26.6. The predicted octanol–water partition coefficient (Wildman–Crippen LogP) is 0.907. The third-order valence-electron chi connectivity index (χ3n) is 3.43. The molecule has 0 aromatic heterocycles. The number of carboxylic acids is 1.